The third kappa shape index (κ3) is 2.12. The number of esters is 1. The van der Waals surface area contributed by atoms with Crippen molar-refractivity contribution in [1.82, 2.24) is 9.47 Å². The second-order valence-corrected chi connectivity index (χ2v) is 8.02. The molecular formula is C22H26N2O3. The summed E-state index contributed by atoms with van der Waals surface area (Å²) in [7, 11) is 5.40. The summed E-state index contributed by atoms with van der Waals surface area (Å²) in [5.74, 6) is 1.05. The molecule has 0 aliphatic carbocycles. The molecule has 3 saturated heterocycles. The number of allylic oxidation sites excluding steroid dienone is 1. The number of rotatable bonds is 2. The summed E-state index contributed by atoms with van der Waals surface area (Å²) < 4.78 is 13.1. The van der Waals surface area contributed by atoms with Crippen LogP contribution < -0.4 is 4.74 Å². The van der Waals surface area contributed by atoms with Crippen molar-refractivity contribution in [3.63, 3.8) is 0 Å². The predicted octanol–water partition coefficient (Wildman–Crippen LogP) is 3.22. The number of aryl methyl sites for hydroxylation is 1. The lowest BCUT2D eigenvalue weighted by atomic mass is 9.64. The van der Waals surface area contributed by atoms with Gasteiger partial charge >= 0.3 is 5.97 Å². The number of aromatic nitrogens is 1. The topological polar surface area (TPSA) is 43.7 Å². The molecule has 3 unspecified atom stereocenters. The summed E-state index contributed by atoms with van der Waals surface area (Å²) in [4.78, 5) is 15.2. The van der Waals surface area contributed by atoms with Crippen molar-refractivity contribution in [2.75, 3.05) is 20.8 Å². The van der Waals surface area contributed by atoms with Crippen molar-refractivity contribution >= 4 is 16.9 Å². The molecule has 6 rings (SSSR count). The van der Waals surface area contributed by atoms with Crippen LogP contribution in [0.5, 0.6) is 5.75 Å². The zero-order valence-electron chi connectivity index (χ0n) is 16.4. The Labute approximate surface area is 159 Å². The van der Waals surface area contributed by atoms with Gasteiger partial charge in [-0.25, -0.2) is 0 Å². The van der Waals surface area contributed by atoms with Gasteiger partial charge < -0.3 is 14.0 Å². The SMILES string of the molecule is C/C=C1\CN2C3C[C@@H]1C(C(=O)OC)[C@@H]2Cc1c3n(C)c2ccc(OC)cc12. The monoisotopic (exact) mass is 366 g/mol. The molecule has 4 aliphatic heterocycles. The van der Waals surface area contributed by atoms with E-state index in [-0.39, 0.29) is 17.9 Å². The Morgan fingerprint density at radius 3 is 2.81 bits per heavy atom. The highest BCUT2D eigenvalue weighted by Crippen LogP contribution is 2.55. The van der Waals surface area contributed by atoms with E-state index >= 15 is 0 Å². The fourth-order valence-electron chi connectivity index (χ4n) is 5.94. The molecule has 5 atom stereocenters. The van der Waals surface area contributed by atoms with Gasteiger partial charge in [0.05, 0.1) is 26.2 Å². The number of hydrogen-bond donors (Lipinski definition) is 0. The molecule has 0 radical (unpaired) electrons. The van der Waals surface area contributed by atoms with Crippen molar-refractivity contribution in [2.45, 2.75) is 31.8 Å². The molecule has 5 heteroatoms. The highest BCUT2D eigenvalue weighted by Gasteiger charge is 2.56. The smallest absolute Gasteiger partial charge is 0.310 e. The minimum Gasteiger partial charge on any atom is -0.497 e. The van der Waals surface area contributed by atoms with Crippen LogP contribution >= 0.6 is 0 Å². The Morgan fingerprint density at radius 2 is 2.11 bits per heavy atom. The van der Waals surface area contributed by atoms with Gasteiger partial charge in [0.25, 0.3) is 0 Å². The van der Waals surface area contributed by atoms with Crippen LogP contribution in [0, 0.1) is 11.8 Å². The Balaban J connectivity index is 1.70. The second-order valence-electron chi connectivity index (χ2n) is 8.02. The quantitative estimate of drug-likeness (QED) is 0.605. The first-order valence-corrected chi connectivity index (χ1v) is 9.72. The van der Waals surface area contributed by atoms with E-state index in [1.807, 2.05) is 6.07 Å². The van der Waals surface area contributed by atoms with Crippen molar-refractivity contribution < 1.29 is 14.3 Å². The number of ether oxygens (including phenoxy) is 2. The van der Waals surface area contributed by atoms with E-state index < -0.39 is 0 Å². The van der Waals surface area contributed by atoms with Crippen LogP contribution in [-0.4, -0.2) is 42.2 Å². The number of carbonyl (C=O) groups excluding carboxylic acids is 1. The zero-order chi connectivity index (χ0) is 18.9. The van der Waals surface area contributed by atoms with E-state index in [0.29, 0.717) is 12.0 Å². The largest absolute Gasteiger partial charge is 0.497 e. The van der Waals surface area contributed by atoms with Crippen LogP contribution in [0.15, 0.2) is 29.8 Å². The van der Waals surface area contributed by atoms with E-state index in [4.69, 9.17) is 9.47 Å². The molecule has 142 valence electrons. The fraction of sp³-hybridized carbons (Fsp3) is 0.500. The van der Waals surface area contributed by atoms with E-state index in [1.165, 1.54) is 34.8 Å². The number of carbonyl (C=O) groups is 1. The first kappa shape index (κ1) is 16.9. The maximum atomic E-state index is 12.7. The molecule has 1 aromatic carbocycles. The Morgan fingerprint density at radius 1 is 1.30 bits per heavy atom. The van der Waals surface area contributed by atoms with Gasteiger partial charge in [0, 0.05) is 36.2 Å². The molecule has 5 heterocycles. The van der Waals surface area contributed by atoms with Crippen LogP contribution in [0.2, 0.25) is 0 Å². The maximum absolute atomic E-state index is 12.7. The van der Waals surface area contributed by atoms with Crippen LogP contribution in [0.25, 0.3) is 10.9 Å². The number of piperidine rings is 3. The first-order chi connectivity index (χ1) is 13.1. The molecule has 0 saturated carbocycles. The lowest BCUT2D eigenvalue weighted by Crippen LogP contribution is -2.62. The van der Waals surface area contributed by atoms with Crippen molar-refractivity contribution in [1.29, 1.82) is 0 Å². The Kier molecular flexibility index (Phi) is 3.66. The Hall–Kier alpha value is -2.27. The molecule has 0 spiro atoms. The van der Waals surface area contributed by atoms with Crippen LogP contribution in [0.1, 0.15) is 30.6 Å². The predicted molar refractivity (Wildman–Crippen MR) is 104 cm³/mol. The van der Waals surface area contributed by atoms with Crippen molar-refractivity contribution in [3.8, 4) is 5.75 Å². The normalized spacial score (nSPS) is 32.6. The van der Waals surface area contributed by atoms with Crippen LogP contribution in [-0.2, 0) is 23.0 Å². The molecule has 2 aromatic rings. The summed E-state index contributed by atoms with van der Waals surface area (Å²) in [5, 5.41) is 1.26. The number of methoxy groups -OCH3 is 2. The van der Waals surface area contributed by atoms with Gasteiger partial charge in [-0.15, -0.1) is 0 Å². The van der Waals surface area contributed by atoms with Crippen LogP contribution in [0.3, 0.4) is 0 Å². The molecule has 27 heavy (non-hydrogen) atoms. The summed E-state index contributed by atoms with van der Waals surface area (Å²) in [6.45, 7) is 3.06. The van der Waals surface area contributed by atoms with E-state index in [0.717, 1.165) is 25.1 Å². The molecule has 4 aliphatic rings. The summed E-state index contributed by atoms with van der Waals surface area (Å²) >= 11 is 0. The van der Waals surface area contributed by atoms with E-state index in [2.05, 4.69) is 41.6 Å². The maximum Gasteiger partial charge on any atom is 0.310 e. The molecular weight excluding hydrogens is 340 g/mol. The number of nitrogens with zero attached hydrogens (tertiary/aromatic N) is 2. The molecule has 0 N–H and O–H groups in total. The van der Waals surface area contributed by atoms with Crippen LogP contribution in [0.4, 0.5) is 0 Å². The van der Waals surface area contributed by atoms with E-state index in [9.17, 15) is 4.79 Å². The van der Waals surface area contributed by atoms with Gasteiger partial charge in [0.2, 0.25) is 0 Å². The average molecular weight is 366 g/mol. The molecule has 1 aromatic heterocycles. The van der Waals surface area contributed by atoms with Gasteiger partial charge in [0.15, 0.2) is 0 Å². The third-order valence-corrected chi connectivity index (χ3v) is 7.13. The van der Waals surface area contributed by atoms with Crippen molar-refractivity contribution in [3.05, 3.63) is 41.1 Å². The second kappa shape index (κ2) is 5.86. The average Bonchev–Trinajstić information content (AvgIpc) is 2.98. The van der Waals surface area contributed by atoms with Gasteiger partial charge in [0.1, 0.15) is 5.75 Å². The Bertz CT molecular complexity index is 974. The zero-order valence-corrected chi connectivity index (χ0v) is 16.4. The molecule has 5 nitrogen and oxygen atoms in total. The highest BCUT2D eigenvalue weighted by molar-refractivity contribution is 5.88. The van der Waals surface area contributed by atoms with Gasteiger partial charge in [-0.1, -0.05) is 11.6 Å². The van der Waals surface area contributed by atoms with Gasteiger partial charge in [-0.05, 0) is 49.4 Å². The number of fused-ring (bicyclic) bond motifs is 4. The third-order valence-electron chi connectivity index (χ3n) is 7.13. The standard InChI is InChI=1S/C22H26N2O3/c1-5-12-11-24-18-10-16-15-8-13(26-3)6-7-17(15)23(2)21(16)19(24)9-14(12)20(18)22(25)27-4/h5-8,14,18-20H,9-11H2,1-4H3/b12-5+/t14-,18-,19?,20?/m0/s1. The highest BCUT2D eigenvalue weighted by atomic mass is 16.5. The molecule has 0 amide bonds. The summed E-state index contributed by atoms with van der Waals surface area (Å²) in [5.41, 5.74) is 5.43. The minimum atomic E-state index is -0.0692. The lowest BCUT2D eigenvalue weighted by Gasteiger charge is -2.57. The summed E-state index contributed by atoms with van der Waals surface area (Å²) in [6, 6.07) is 6.92. The lowest BCUT2D eigenvalue weighted by molar-refractivity contribution is -0.157. The molecule has 4 bridgehead atoms. The summed E-state index contributed by atoms with van der Waals surface area (Å²) in [6.07, 6.45) is 4.09. The minimum absolute atomic E-state index is 0.0613. The van der Waals surface area contributed by atoms with E-state index in [1.54, 1.807) is 7.11 Å². The fourth-order valence-corrected chi connectivity index (χ4v) is 5.94. The number of benzene rings is 1. The number of hydrogen-bond acceptors (Lipinski definition) is 4. The van der Waals surface area contributed by atoms with Gasteiger partial charge in [-0.2, -0.15) is 0 Å². The molecule has 3 fully saturated rings. The van der Waals surface area contributed by atoms with Crippen molar-refractivity contribution in [2.24, 2.45) is 18.9 Å². The first-order valence-electron chi connectivity index (χ1n) is 9.72. The van der Waals surface area contributed by atoms with Gasteiger partial charge in [-0.3, -0.25) is 9.69 Å².